The highest BCUT2D eigenvalue weighted by molar-refractivity contribution is 9.10. The fourth-order valence-electron chi connectivity index (χ4n) is 1.49. The average Bonchev–Trinajstić information content (AvgIpc) is 2.47. The smallest absolute Gasteiger partial charge is 0.276 e. The van der Waals surface area contributed by atoms with Crippen molar-refractivity contribution in [1.82, 2.24) is 10.2 Å². The molecule has 2 rings (SSSR count). The summed E-state index contributed by atoms with van der Waals surface area (Å²) in [6.07, 6.45) is 0. The minimum absolute atomic E-state index is 0.172. The Morgan fingerprint density at radius 2 is 2.10 bits per heavy atom. The Bertz CT molecular complexity index is 618. The number of nitrogens with zero attached hydrogens (tertiary/aromatic N) is 2. The first-order valence-corrected chi connectivity index (χ1v) is 6.38. The molecule has 1 aromatic heterocycles. The first kappa shape index (κ1) is 14.2. The van der Waals surface area contributed by atoms with Crippen LogP contribution in [0.15, 0.2) is 34.8 Å². The molecule has 1 heterocycles. The summed E-state index contributed by atoms with van der Waals surface area (Å²) in [5.74, 6) is 5.72. The summed E-state index contributed by atoms with van der Waals surface area (Å²) in [7, 11) is 1.53. The second-order valence-electron chi connectivity index (χ2n) is 3.75. The summed E-state index contributed by atoms with van der Waals surface area (Å²) in [4.78, 5) is 12.1. The van der Waals surface area contributed by atoms with Crippen molar-refractivity contribution in [2.45, 2.75) is 0 Å². The molecule has 0 atom stereocenters. The van der Waals surface area contributed by atoms with Crippen LogP contribution in [0.2, 0.25) is 0 Å². The second-order valence-corrected chi connectivity index (χ2v) is 4.66. The molecule has 104 valence electrons. The van der Waals surface area contributed by atoms with E-state index in [0.717, 1.165) is 4.47 Å². The number of benzene rings is 1. The van der Waals surface area contributed by atoms with Crippen molar-refractivity contribution in [3.05, 3.63) is 40.5 Å². The third kappa shape index (κ3) is 3.22. The van der Waals surface area contributed by atoms with Gasteiger partial charge in [0, 0.05) is 4.47 Å². The van der Waals surface area contributed by atoms with E-state index >= 15 is 0 Å². The Labute approximate surface area is 123 Å². The van der Waals surface area contributed by atoms with Gasteiger partial charge in [-0.1, -0.05) is 15.9 Å². The molecule has 0 aliphatic rings. The summed E-state index contributed by atoms with van der Waals surface area (Å²) in [5.41, 5.74) is 3.05. The van der Waals surface area contributed by atoms with Gasteiger partial charge in [0.05, 0.1) is 12.8 Å². The molecule has 0 aliphatic heterocycles. The molecular formula is C12H12BrN5O2. The van der Waals surface area contributed by atoms with Crippen molar-refractivity contribution in [1.29, 1.82) is 0 Å². The van der Waals surface area contributed by atoms with Crippen LogP contribution < -0.4 is 21.3 Å². The maximum Gasteiger partial charge on any atom is 0.276 e. The summed E-state index contributed by atoms with van der Waals surface area (Å²) in [5, 5.41) is 10.2. The van der Waals surface area contributed by atoms with Crippen LogP contribution in [0.5, 0.6) is 5.75 Å². The number of anilines is 2. The van der Waals surface area contributed by atoms with E-state index in [9.17, 15) is 4.79 Å². The van der Waals surface area contributed by atoms with E-state index in [4.69, 9.17) is 10.6 Å². The van der Waals surface area contributed by atoms with Crippen molar-refractivity contribution in [3.8, 4) is 5.75 Å². The minimum atomic E-state index is -0.391. The number of nitrogens with two attached hydrogens (primary N) is 1. The van der Waals surface area contributed by atoms with E-state index < -0.39 is 5.91 Å². The molecule has 0 radical (unpaired) electrons. The first-order valence-electron chi connectivity index (χ1n) is 5.59. The largest absolute Gasteiger partial charge is 0.495 e. The summed E-state index contributed by atoms with van der Waals surface area (Å²) in [6.45, 7) is 0. The van der Waals surface area contributed by atoms with Gasteiger partial charge in [0.2, 0.25) is 0 Å². The number of hydrazine groups is 1. The topological polar surface area (TPSA) is 102 Å². The molecular weight excluding hydrogens is 326 g/mol. The van der Waals surface area contributed by atoms with Gasteiger partial charge >= 0.3 is 0 Å². The van der Waals surface area contributed by atoms with E-state index in [1.54, 1.807) is 18.2 Å². The highest BCUT2D eigenvalue weighted by atomic mass is 79.9. The van der Waals surface area contributed by atoms with Crippen molar-refractivity contribution in [2.24, 2.45) is 5.84 Å². The number of ether oxygens (including phenoxy) is 1. The molecule has 1 aromatic carbocycles. The molecule has 0 bridgehead atoms. The molecule has 0 saturated carbocycles. The third-order valence-corrected chi connectivity index (χ3v) is 2.95. The lowest BCUT2D eigenvalue weighted by Gasteiger charge is -2.10. The summed E-state index contributed by atoms with van der Waals surface area (Å²) >= 11 is 3.33. The van der Waals surface area contributed by atoms with E-state index in [1.165, 1.54) is 13.2 Å². The Morgan fingerprint density at radius 3 is 2.70 bits per heavy atom. The number of carbonyl (C=O) groups is 1. The molecule has 0 spiro atoms. The van der Waals surface area contributed by atoms with Gasteiger partial charge < -0.3 is 15.5 Å². The standard InChI is InChI=1S/C12H12BrN5O2/c1-20-10-4-2-7(13)6-9(10)15-12(19)8-3-5-11(16-14)18-17-8/h2-6H,14H2,1H3,(H,15,19)(H,16,18). The molecule has 8 heteroatoms. The van der Waals surface area contributed by atoms with Crippen LogP contribution in [0.4, 0.5) is 11.5 Å². The van der Waals surface area contributed by atoms with Crippen molar-refractivity contribution < 1.29 is 9.53 Å². The number of nitrogen functional groups attached to an aromatic ring is 1. The molecule has 2 aromatic rings. The fraction of sp³-hybridized carbons (Fsp3) is 0.0833. The quantitative estimate of drug-likeness (QED) is 0.580. The molecule has 20 heavy (non-hydrogen) atoms. The summed E-state index contributed by atoms with van der Waals surface area (Å²) < 4.78 is 6.00. The molecule has 1 amide bonds. The lowest BCUT2D eigenvalue weighted by molar-refractivity contribution is 0.102. The minimum Gasteiger partial charge on any atom is -0.495 e. The number of hydrogen-bond donors (Lipinski definition) is 3. The van der Waals surface area contributed by atoms with Crippen LogP contribution in [0.1, 0.15) is 10.5 Å². The number of amides is 1. The fourth-order valence-corrected chi connectivity index (χ4v) is 1.86. The highest BCUT2D eigenvalue weighted by Crippen LogP contribution is 2.28. The summed E-state index contributed by atoms with van der Waals surface area (Å²) in [6, 6.07) is 8.37. The molecule has 0 saturated heterocycles. The molecule has 7 nitrogen and oxygen atoms in total. The number of methoxy groups -OCH3 is 1. The predicted octanol–water partition coefficient (Wildman–Crippen LogP) is 1.79. The zero-order valence-electron chi connectivity index (χ0n) is 10.6. The average molecular weight is 338 g/mol. The Balaban J connectivity index is 2.20. The second kappa shape index (κ2) is 6.31. The molecule has 4 N–H and O–H groups in total. The van der Waals surface area contributed by atoms with Crippen molar-refractivity contribution in [2.75, 3.05) is 17.9 Å². The van der Waals surface area contributed by atoms with Crippen LogP contribution >= 0.6 is 15.9 Å². The van der Waals surface area contributed by atoms with E-state index in [-0.39, 0.29) is 5.69 Å². The van der Waals surface area contributed by atoms with Gasteiger partial charge in [-0.2, -0.15) is 0 Å². The van der Waals surface area contributed by atoms with Crippen molar-refractivity contribution in [3.63, 3.8) is 0 Å². The van der Waals surface area contributed by atoms with Gasteiger partial charge in [-0.3, -0.25) is 4.79 Å². The molecule has 0 fully saturated rings. The monoisotopic (exact) mass is 337 g/mol. The Morgan fingerprint density at radius 1 is 1.30 bits per heavy atom. The van der Waals surface area contributed by atoms with E-state index in [1.807, 2.05) is 6.07 Å². The predicted molar refractivity (Wildman–Crippen MR) is 78.5 cm³/mol. The van der Waals surface area contributed by atoms with Gasteiger partial charge in [0.15, 0.2) is 11.5 Å². The third-order valence-electron chi connectivity index (χ3n) is 2.45. The van der Waals surface area contributed by atoms with E-state index in [0.29, 0.717) is 17.3 Å². The van der Waals surface area contributed by atoms with Gasteiger partial charge in [0.25, 0.3) is 5.91 Å². The van der Waals surface area contributed by atoms with Gasteiger partial charge in [-0.25, -0.2) is 5.84 Å². The van der Waals surface area contributed by atoms with E-state index in [2.05, 4.69) is 36.9 Å². The highest BCUT2D eigenvalue weighted by Gasteiger charge is 2.12. The maximum absolute atomic E-state index is 12.1. The number of nitrogens with one attached hydrogen (secondary N) is 2. The SMILES string of the molecule is COc1ccc(Br)cc1NC(=O)c1ccc(NN)nn1. The Kier molecular flexibility index (Phi) is 4.49. The van der Waals surface area contributed by atoms with Gasteiger partial charge in [0.1, 0.15) is 5.75 Å². The first-order chi connectivity index (χ1) is 9.63. The molecule has 0 aliphatic carbocycles. The maximum atomic E-state index is 12.1. The number of hydrogen-bond acceptors (Lipinski definition) is 6. The number of carbonyl (C=O) groups excluding carboxylic acids is 1. The number of aromatic nitrogens is 2. The number of halogens is 1. The molecule has 0 unspecified atom stereocenters. The lowest BCUT2D eigenvalue weighted by atomic mass is 10.2. The zero-order chi connectivity index (χ0) is 14.5. The lowest BCUT2D eigenvalue weighted by Crippen LogP contribution is -2.16. The Hall–Kier alpha value is -2.19. The van der Waals surface area contributed by atoms with Crippen LogP contribution in [-0.4, -0.2) is 23.2 Å². The zero-order valence-corrected chi connectivity index (χ0v) is 12.1. The van der Waals surface area contributed by atoms with Crippen LogP contribution in [0.25, 0.3) is 0 Å². The number of rotatable bonds is 4. The van der Waals surface area contributed by atoms with Crippen LogP contribution in [0, 0.1) is 0 Å². The van der Waals surface area contributed by atoms with Crippen LogP contribution in [-0.2, 0) is 0 Å². The van der Waals surface area contributed by atoms with Gasteiger partial charge in [-0.15, -0.1) is 10.2 Å². The van der Waals surface area contributed by atoms with Crippen molar-refractivity contribution >= 4 is 33.3 Å². The van der Waals surface area contributed by atoms with Gasteiger partial charge in [-0.05, 0) is 30.3 Å². The normalized spacial score (nSPS) is 9.95. The van der Waals surface area contributed by atoms with Crippen LogP contribution in [0.3, 0.4) is 0 Å².